The van der Waals surface area contributed by atoms with E-state index >= 15 is 0 Å². The number of amides is 2. The van der Waals surface area contributed by atoms with Crippen molar-refractivity contribution < 1.29 is 9.59 Å². The largest absolute Gasteiger partial charge is 0.326 e. The van der Waals surface area contributed by atoms with Crippen molar-refractivity contribution in [3.05, 3.63) is 47.0 Å². The lowest BCUT2D eigenvalue weighted by atomic mass is 10.1. The Hall–Kier alpha value is -2.98. The van der Waals surface area contributed by atoms with Crippen LogP contribution in [-0.4, -0.2) is 16.8 Å². The van der Waals surface area contributed by atoms with Gasteiger partial charge < -0.3 is 5.32 Å². The zero-order valence-corrected chi connectivity index (χ0v) is 12.5. The van der Waals surface area contributed by atoms with Crippen LogP contribution in [0.1, 0.15) is 12.5 Å². The molecule has 22 heavy (non-hydrogen) atoms. The van der Waals surface area contributed by atoms with Crippen molar-refractivity contribution in [2.75, 3.05) is 10.6 Å². The molecular formula is C15H12N4O2S. The number of anilines is 2. The summed E-state index contributed by atoms with van der Waals surface area (Å²) in [6.07, 6.45) is 3.04. The monoisotopic (exact) mass is 312 g/mol. The highest BCUT2D eigenvalue weighted by Crippen LogP contribution is 2.15. The third-order valence-electron chi connectivity index (χ3n) is 2.56. The molecule has 6 nitrogen and oxygen atoms in total. The van der Waals surface area contributed by atoms with Gasteiger partial charge in [0.2, 0.25) is 5.91 Å². The van der Waals surface area contributed by atoms with Crippen LogP contribution in [-0.2, 0) is 9.59 Å². The van der Waals surface area contributed by atoms with Gasteiger partial charge in [-0.2, -0.15) is 5.26 Å². The fourth-order valence-corrected chi connectivity index (χ4v) is 2.15. The van der Waals surface area contributed by atoms with Gasteiger partial charge in [-0.1, -0.05) is 12.1 Å². The van der Waals surface area contributed by atoms with E-state index in [4.69, 9.17) is 5.26 Å². The Morgan fingerprint density at radius 3 is 2.55 bits per heavy atom. The molecule has 0 saturated carbocycles. The van der Waals surface area contributed by atoms with Crippen LogP contribution in [0.3, 0.4) is 0 Å². The molecule has 2 amide bonds. The molecule has 0 bridgehead atoms. The lowest BCUT2D eigenvalue weighted by Crippen LogP contribution is -2.13. The Labute approximate surface area is 131 Å². The molecule has 0 saturated heterocycles. The first kappa shape index (κ1) is 15.4. The summed E-state index contributed by atoms with van der Waals surface area (Å²) in [7, 11) is 0. The molecule has 0 unspecified atom stereocenters. The van der Waals surface area contributed by atoms with Crippen LogP contribution in [0, 0.1) is 11.3 Å². The molecule has 1 aromatic carbocycles. The van der Waals surface area contributed by atoms with Crippen LogP contribution in [0.25, 0.3) is 6.08 Å². The molecule has 0 aliphatic rings. The van der Waals surface area contributed by atoms with Gasteiger partial charge in [0.05, 0.1) is 0 Å². The first-order chi connectivity index (χ1) is 10.6. The number of nitrogens with one attached hydrogen (secondary N) is 2. The van der Waals surface area contributed by atoms with E-state index < -0.39 is 5.91 Å². The lowest BCUT2D eigenvalue weighted by Gasteiger charge is -2.03. The molecule has 0 aliphatic carbocycles. The highest BCUT2D eigenvalue weighted by molar-refractivity contribution is 7.13. The van der Waals surface area contributed by atoms with Crippen LogP contribution in [0.15, 0.2) is 41.4 Å². The summed E-state index contributed by atoms with van der Waals surface area (Å²) in [6, 6.07) is 8.67. The number of benzene rings is 1. The maximum atomic E-state index is 12.0. The average Bonchev–Trinajstić information content (AvgIpc) is 2.98. The molecule has 1 heterocycles. The summed E-state index contributed by atoms with van der Waals surface area (Å²) >= 11 is 1.27. The van der Waals surface area contributed by atoms with Crippen molar-refractivity contribution >= 4 is 40.0 Å². The second-order valence-corrected chi connectivity index (χ2v) is 5.16. The first-order valence-electron chi connectivity index (χ1n) is 6.29. The molecule has 0 aliphatic heterocycles. The lowest BCUT2D eigenvalue weighted by molar-refractivity contribution is -0.114. The molecule has 0 fully saturated rings. The van der Waals surface area contributed by atoms with Crippen molar-refractivity contribution in [1.82, 2.24) is 4.98 Å². The smallest absolute Gasteiger partial charge is 0.268 e. The van der Waals surface area contributed by atoms with E-state index in [0.29, 0.717) is 16.4 Å². The number of hydrogen-bond acceptors (Lipinski definition) is 5. The van der Waals surface area contributed by atoms with E-state index in [9.17, 15) is 9.59 Å². The first-order valence-corrected chi connectivity index (χ1v) is 7.17. The van der Waals surface area contributed by atoms with Gasteiger partial charge in [-0.3, -0.25) is 14.9 Å². The van der Waals surface area contributed by atoms with Gasteiger partial charge in [-0.05, 0) is 23.8 Å². The SMILES string of the molecule is CC(=O)Nc1ccc(C=C(C#N)C(=O)Nc2nccs2)cc1. The predicted octanol–water partition coefficient (Wildman–Crippen LogP) is 2.65. The highest BCUT2D eigenvalue weighted by Gasteiger charge is 2.10. The van der Waals surface area contributed by atoms with Crippen molar-refractivity contribution in [3.63, 3.8) is 0 Å². The van der Waals surface area contributed by atoms with Crippen LogP contribution in [0.4, 0.5) is 10.8 Å². The van der Waals surface area contributed by atoms with Crippen LogP contribution in [0.5, 0.6) is 0 Å². The number of hydrogen-bond donors (Lipinski definition) is 2. The van der Waals surface area contributed by atoms with Gasteiger partial charge in [-0.25, -0.2) is 4.98 Å². The highest BCUT2D eigenvalue weighted by atomic mass is 32.1. The van der Waals surface area contributed by atoms with E-state index in [1.807, 2.05) is 6.07 Å². The quantitative estimate of drug-likeness (QED) is 0.670. The number of rotatable bonds is 4. The standard InChI is InChI=1S/C15H12N4O2S/c1-10(20)18-13-4-2-11(3-5-13)8-12(9-16)14(21)19-15-17-6-7-22-15/h2-8H,1H3,(H,18,20)(H,17,19,21). The minimum absolute atomic E-state index is 0.0255. The topological polar surface area (TPSA) is 94.9 Å². The van der Waals surface area contributed by atoms with Crippen LogP contribution in [0.2, 0.25) is 0 Å². The third kappa shape index (κ3) is 4.26. The number of carbonyl (C=O) groups excluding carboxylic acids is 2. The van der Waals surface area contributed by atoms with Crippen molar-refractivity contribution in [2.24, 2.45) is 0 Å². The van der Waals surface area contributed by atoms with Crippen molar-refractivity contribution in [3.8, 4) is 6.07 Å². The molecule has 7 heteroatoms. The van der Waals surface area contributed by atoms with Gasteiger partial charge in [0, 0.05) is 24.2 Å². The fraction of sp³-hybridized carbons (Fsp3) is 0.0667. The Morgan fingerprint density at radius 2 is 2.00 bits per heavy atom. The van der Waals surface area contributed by atoms with Crippen molar-refractivity contribution in [1.29, 1.82) is 5.26 Å². The normalized spacial score (nSPS) is 10.6. The number of nitrogens with zero attached hydrogens (tertiary/aromatic N) is 2. The summed E-state index contributed by atoms with van der Waals surface area (Å²) in [6.45, 7) is 1.42. The Bertz CT molecular complexity index is 743. The molecule has 0 spiro atoms. The van der Waals surface area contributed by atoms with Gasteiger partial charge in [0.15, 0.2) is 5.13 Å². The van der Waals surface area contributed by atoms with Gasteiger partial charge in [0.1, 0.15) is 11.6 Å². The molecule has 1 aromatic heterocycles. The molecule has 0 radical (unpaired) electrons. The maximum Gasteiger partial charge on any atom is 0.268 e. The van der Waals surface area contributed by atoms with E-state index in [1.165, 1.54) is 24.3 Å². The Balaban J connectivity index is 2.12. The molecule has 110 valence electrons. The average molecular weight is 312 g/mol. The van der Waals surface area contributed by atoms with Crippen LogP contribution < -0.4 is 10.6 Å². The minimum Gasteiger partial charge on any atom is -0.326 e. The van der Waals surface area contributed by atoms with Gasteiger partial charge in [-0.15, -0.1) is 11.3 Å². The van der Waals surface area contributed by atoms with Gasteiger partial charge >= 0.3 is 0 Å². The molecule has 2 aromatic rings. The molecular weight excluding hydrogens is 300 g/mol. The molecule has 2 N–H and O–H groups in total. The second kappa shape index (κ2) is 7.15. The number of carbonyl (C=O) groups is 2. The van der Waals surface area contributed by atoms with E-state index in [-0.39, 0.29) is 11.5 Å². The summed E-state index contributed by atoms with van der Waals surface area (Å²) in [5.74, 6) is -0.674. The number of aromatic nitrogens is 1. The Kier molecular flexibility index (Phi) is 5.01. The summed E-state index contributed by atoms with van der Waals surface area (Å²) in [5, 5.41) is 16.5. The molecule has 2 rings (SSSR count). The molecule has 0 atom stereocenters. The van der Waals surface area contributed by atoms with E-state index in [2.05, 4.69) is 15.6 Å². The summed E-state index contributed by atoms with van der Waals surface area (Å²) in [5.41, 5.74) is 1.30. The summed E-state index contributed by atoms with van der Waals surface area (Å²) < 4.78 is 0. The third-order valence-corrected chi connectivity index (χ3v) is 3.25. The minimum atomic E-state index is -0.511. The predicted molar refractivity (Wildman–Crippen MR) is 85.1 cm³/mol. The fourth-order valence-electron chi connectivity index (χ4n) is 1.63. The number of nitriles is 1. The van der Waals surface area contributed by atoms with E-state index in [1.54, 1.807) is 35.8 Å². The summed E-state index contributed by atoms with van der Waals surface area (Å²) in [4.78, 5) is 26.8. The van der Waals surface area contributed by atoms with Gasteiger partial charge in [0.25, 0.3) is 5.91 Å². The zero-order valence-electron chi connectivity index (χ0n) is 11.7. The number of thiazole rings is 1. The second-order valence-electron chi connectivity index (χ2n) is 4.26. The zero-order chi connectivity index (χ0) is 15.9. The van der Waals surface area contributed by atoms with Crippen molar-refractivity contribution in [2.45, 2.75) is 6.92 Å². The van der Waals surface area contributed by atoms with Crippen LogP contribution >= 0.6 is 11.3 Å². The van der Waals surface area contributed by atoms with E-state index in [0.717, 1.165) is 0 Å². The maximum absolute atomic E-state index is 12.0. The Morgan fingerprint density at radius 1 is 1.27 bits per heavy atom.